The van der Waals surface area contributed by atoms with E-state index in [0.717, 1.165) is 4.88 Å². The maximum atomic E-state index is 11.3. The molecule has 5 nitrogen and oxygen atoms in total. The first-order valence-corrected chi connectivity index (χ1v) is 6.68. The number of carbonyl (C=O) groups is 1. The van der Waals surface area contributed by atoms with Crippen LogP contribution in [-0.2, 0) is 11.2 Å². The third-order valence-electron chi connectivity index (χ3n) is 2.36. The van der Waals surface area contributed by atoms with Crippen molar-refractivity contribution in [3.8, 4) is 10.8 Å². The minimum Gasteiger partial charge on any atom is -0.420 e. The molecule has 0 bridgehead atoms. The normalized spacial score (nSPS) is 10.8. The average Bonchev–Trinajstić information content (AvgIpc) is 2.98. The molecule has 0 aliphatic heterocycles. The van der Waals surface area contributed by atoms with E-state index < -0.39 is 0 Å². The Morgan fingerprint density at radius 1 is 1.50 bits per heavy atom. The zero-order valence-electron chi connectivity index (χ0n) is 10.3. The van der Waals surface area contributed by atoms with Gasteiger partial charge in [0, 0.05) is 18.9 Å². The van der Waals surface area contributed by atoms with Gasteiger partial charge in [-0.15, -0.1) is 21.5 Å². The number of carbonyl (C=O) groups excluding carboxylic acids is 1. The molecule has 1 amide bonds. The minimum atomic E-state index is -0.00522. The maximum absolute atomic E-state index is 11.3. The molecule has 0 saturated heterocycles. The largest absolute Gasteiger partial charge is 0.420 e. The van der Waals surface area contributed by atoms with E-state index in [-0.39, 0.29) is 11.8 Å². The summed E-state index contributed by atoms with van der Waals surface area (Å²) < 4.78 is 5.51. The second-order valence-electron chi connectivity index (χ2n) is 4.17. The lowest BCUT2D eigenvalue weighted by molar-refractivity contribution is -0.123. The van der Waals surface area contributed by atoms with Gasteiger partial charge in [0.1, 0.15) is 0 Å². The SMILES string of the molecule is CC(C)C(=O)NCCc1nnc(-c2cccs2)o1. The molecule has 96 valence electrons. The predicted molar refractivity (Wildman–Crippen MR) is 69.2 cm³/mol. The topological polar surface area (TPSA) is 68.0 Å². The fourth-order valence-corrected chi connectivity index (χ4v) is 2.00. The van der Waals surface area contributed by atoms with Crippen molar-refractivity contribution in [3.05, 3.63) is 23.4 Å². The molecule has 18 heavy (non-hydrogen) atoms. The second kappa shape index (κ2) is 5.77. The molecule has 2 aromatic heterocycles. The molecule has 0 aliphatic rings. The van der Waals surface area contributed by atoms with Crippen molar-refractivity contribution in [2.45, 2.75) is 20.3 Å². The van der Waals surface area contributed by atoms with Gasteiger partial charge in [-0.05, 0) is 11.4 Å². The van der Waals surface area contributed by atoms with E-state index in [1.54, 1.807) is 11.3 Å². The van der Waals surface area contributed by atoms with E-state index in [2.05, 4.69) is 15.5 Å². The number of nitrogens with zero attached hydrogens (tertiary/aromatic N) is 2. The Balaban J connectivity index is 1.86. The van der Waals surface area contributed by atoms with Gasteiger partial charge >= 0.3 is 0 Å². The molecule has 2 heterocycles. The smallest absolute Gasteiger partial charge is 0.257 e. The van der Waals surface area contributed by atoms with Gasteiger partial charge in [-0.2, -0.15) is 0 Å². The number of nitrogens with one attached hydrogen (secondary N) is 1. The molecule has 0 saturated carbocycles. The van der Waals surface area contributed by atoms with Crippen LogP contribution in [0.2, 0.25) is 0 Å². The Morgan fingerprint density at radius 2 is 2.33 bits per heavy atom. The fourth-order valence-electron chi connectivity index (χ4n) is 1.35. The molecule has 2 rings (SSSR count). The second-order valence-corrected chi connectivity index (χ2v) is 5.12. The summed E-state index contributed by atoms with van der Waals surface area (Å²) in [6, 6.07) is 3.87. The van der Waals surface area contributed by atoms with Gasteiger partial charge in [-0.3, -0.25) is 4.79 Å². The van der Waals surface area contributed by atoms with Crippen molar-refractivity contribution < 1.29 is 9.21 Å². The lowest BCUT2D eigenvalue weighted by Crippen LogP contribution is -2.29. The summed E-state index contributed by atoms with van der Waals surface area (Å²) in [5.41, 5.74) is 0. The van der Waals surface area contributed by atoms with Crippen LogP contribution in [-0.4, -0.2) is 22.6 Å². The van der Waals surface area contributed by atoms with Crippen molar-refractivity contribution in [2.24, 2.45) is 5.92 Å². The Kier molecular flexibility index (Phi) is 4.09. The number of hydrogen-bond donors (Lipinski definition) is 1. The molecule has 1 N–H and O–H groups in total. The molecule has 0 aromatic carbocycles. The van der Waals surface area contributed by atoms with Crippen LogP contribution < -0.4 is 5.32 Å². The van der Waals surface area contributed by atoms with Gasteiger partial charge < -0.3 is 9.73 Å². The van der Waals surface area contributed by atoms with Crippen LogP contribution in [0, 0.1) is 5.92 Å². The Labute approximate surface area is 109 Å². The van der Waals surface area contributed by atoms with Gasteiger partial charge in [-0.1, -0.05) is 19.9 Å². The summed E-state index contributed by atoms with van der Waals surface area (Å²) in [7, 11) is 0. The van der Waals surface area contributed by atoms with E-state index in [1.165, 1.54) is 0 Å². The standard InChI is InChI=1S/C12H15N3O2S/c1-8(2)11(16)13-6-5-10-14-15-12(17-10)9-4-3-7-18-9/h3-4,7-8H,5-6H2,1-2H3,(H,13,16). The van der Waals surface area contributed by atoms with Gasteiger partial charge in [0.15, 0.2) is 0 Å². The zero-order chi connectivity index (χ0) is 13.0. The van der Waals surface area contributed by atoms with Crippen LogP contribution in [0.25, 0.3) is 10.8 Å². The average molecular weight is 265 g/mol. The Morgan fingerprint density at radius 3 is 3.00 bits per heavy atom. The van der Waals surface area contributed by atoms with Crippen molar-refractivity contribution in [2.75, 3.05) is 6.54 Å². The summed E-state index contributed by atoms with van der Waals surface area (Å²) in [5, 5.41) is 12.7. The Hall–Kier alpha value is -1.69. The summed E-state index contributed by atoms with van der Waals surface area (Å²) in [4.78, 5) is 12.3. The number of rotatable bonds is 5. The van der Waals surface area contributed by atoms with Crippen LogP contribution in [0.5, 0.6) is 0 Å². The molecule has 2 aromatic rings. The highest BCUT2D eigenvalue weighted by Crippen LogP contribution is 2.22. The Bertz CT molecular complexity index is 505. The maximum Gasteiger partial charge on any atom is 0.257 e. The first kappa shape index (κ1) is 12.8. The van der Waals surface area contributed by atoms with Crippen molar-refractivity contribution in [1.82, 2.24) is 15.5 Å². The van der Waals surface area contributed by atoms with Gasteiger partial charge in [0.25, 0.3) is 5.89 Å². The first-order chi connectivity index (χ1) is 8.66. The molecule has 0 atom stereocenters. The molecule has 0 unspecified atom stereocenters. The highest BCUT2D eigenvalue weighted by atomic mass is 32.1. The molecular weight excluding hydrogens is 250 g/mol. The van der Waals surface area contributed by atoms with E-state index in [0.29, 0.717) is 24.7 Å². The van der Waals surface area contributed by atoms with E-state index in [4.69, 9.17) is 4.42 Å². The molecule has 0 fully saturated rings. The van der Waals surface area contributed by atoms with E-state index >= 15 is 0 Å². The quantitative estimate of drug-likeness (QED) is 0.899. The van der Waals surface area contributed by atoms with Gasteiger partial charge in [-0.25, -0.2) is 0 Å². The van der Waals surface area contributed by atoms with E-state index in [1.807, 2.05) is 31.4 Å². The third-order valence-corrected chi connectivity index (χ3v) is 3.22. The fraction of sp³-hybridized carbons (Fsp3) is 0.417. The van der Waals surface area contributed by atoms with Gasteiger partial charge in [0.2, 0.25) is 11.8 Å². The van der Waals surface area contributed by atoms with Gasteiger partial charge in [0.05, 0.1) is 4.88 Å². The summed E-state index contributed by atoms with van der Waals surface area (Å²) in [6.45, 7) is 4.23. The lowest BCUT2D eigenvalue weighted by atomic mass is 10.2. The molecule has 0 aliphatic carbocycles. The third kappa shape index (κ3) is 3.16. The summed E-state index contributed by atoms with van der Waals surface area (Å²) >= 11 is 1.56. The molecular formula is C12H15N3O2S. The van der Waals surface area contributed by atoms with E-state index in [9.17, 15) is 4.79 Å². The number of aromatic nitrogens is 2. The number of thiophene rings is 1. The van der Waals surface area contributed by atoms with Crippen LogP contribution in [0.1, 0.15) is 19.7 Å². The highest BCUT2D eigenvalue weighted by molar-refractivity contribution is 7.13. The van der Waals surface area contributed by atoms with Crippen LogP contribution in [0.4, 0.5) is 0 Å². The van der Waals surface area contributed by atoms with Crippen molar-refractivity contribution >= 4 is 17.2 Å². The number of amides is 1. The summed E-state index contributed by atoms with van der Waals surface area (Å²) in [6.07, 6.45) is 0.552. The molecule has 0 spiro atoms. The minimum absolute atomic E-state index is 0.00522. The predicted octanol–water partition coefficient (Wildman–Crippen LogP) is 2.11. The molecule has 0 radical (unpaired) electrons. The van der Waals surface area contributed by atoms with Crippen LogP contribution in [0.3, 0.4) is 0 Å². The zero-order valence-corrected chi connectivity index (χ0v) is 11.2. The van der Waals surface area contributed by atoms with Crippen LogP contribution in [0.15, 0.2) is 21.9 Å². The number of hydrogen-bond acceptors (Lipinski definition) is 5. The monoisotopic (exact) mass is 265 g/mol. The first-order valence-electron chi connectivity index (χ1n) is 5.81. The van der Waals surface area contributed by atoms with Crippen LogP contribution >= 0.6 is 11.3 Å². The van der Waals surface area contributed by atoms with Crippen molar-refractivity contribution in [3.63, 3.8) is 0 Å². The lowest BCUT2D eigenvalue weighted by Gasteiger charge is -2.05. The van der Waals surface area contributed by atoms with Crippen molar-refractivity contribution in [1.29, 1.82) is 0 Å². The highest BCUT2D eigenvalue weighted by Gasteiger charge is 2.10. The molecule has 6 heteroatoms. The summed E-state index contributed by atoms with van der Waals surface area (Å²) in [5.74, 6) is 1.11.